The minimum absolute atomic E-state index is 0.0482. The number of anilines is 5. The zero-order chi connectivity index (χ0) is 37.9. The van der Waals surface area contributed by atoms with E-state index in [-0.39, 0.29) is 41.3 Å². The zero-order valence-corrected chi connectivity index (χ0v) is 31.3. The lowest BCUT2D eigenvalue weighted by Crippen LogP contribution is -2.59. The molecule has 3 aromatic heterocycles. The van der Waals surface area contributed by atoms with E-state index in [1.165, 1.54) is 21.9 Å². The summed E-state index contributed by atoms with van der Waals surface area (Å²) in [6.07, 6.45) is 7.89. The number of carbonyl (C=O) groups excluding carboxylic acids is 2. The molecule has 4 aromatic rings. The Labute approximate surface area is 314 Å². The number of nitrogens with zero attached hydrogens (tertiary/aromatic N) is 7. The van der Waals surface area contributed by atoms with Crippen molar-refractivity contribution < 1.29 is 19.4 Å². The minimum Gasteiger partial charge on any atom is -0.392 e. The fourth-order valence-electron chi connectivity index (χ4n) is 8.45. The van der Waals surface area contributed by atoms with E-state index in [2.05, 4.69) is 57.3 Å². The van der Waals surface area contributed by atoms with Gasteiger partial charge in [-0.1, -0.05) is 20.4 Å². The highest BCUT2D eigenvalue weighted by molar-refractivity contribution is 6.07. The molecule has 2 fully saturated rings. The number of nitrogens with one attached hydrogen (secondary N) is 2. The van der Waals surface area contributed by atoms with Gasteiger partial charge in [-0.05, 0) is 61.1 Å². The molecule has 14 nitrogen and oxygen atoms in total. The van der Waals surface area contributed by atoms with Gasteiger partial charge in [0.05, 0.1) is 54.8 Å². The molecule has 2 saturated heterocycles. The molecule has 3 aliphatic heterocycles. The van der Waals surface area contributed by atoms with E-state index in [0.29, 0.717) is 58.7 Å². The van der Waals surface area contributed by atoms with Crippen LogP contribution in [0.2, 0.25) is 0 Å². The molecule has 3 N–H and O–H groups in total. The third-order valence-electron chi connectivity index (χ3n) is 11.3. The molecule has 282 valence electrons. The maximum atomic E-state index is 14.0. The van der Waals surface area contributed by atoms with Crippen molar-refractivity contribution in [3.63, 3.8) is 0 Å². The molecular formula is C40H47N9O5. The zero-order valence-electron chi connectivity index (χ0n) is 31.3. The first kappa shape index (κ1) is 35.7. The molecule has 2 amide bonds. The molecule has 14 heteroatoms. The van der Waals surface area contributed by atoms with E-state index in [1.807, 2.05) is 18.2 Å². The Morgan fingerprint density at radius 3 is 2.63 bits per heavy atom. The van der Waals surface area contributed by atoms with Crippen LogP contribution in [0.1, 0.15) is 48.1 Å². The summed E-state index contributed by atoms with van der Waals surface area (Å²) in [4.78, 5) is 55.7. The lowest BCUT2D eigenvalue weighted by Gasteiger charge is -2.46. The molecule has 4 aliphatic rings. The number of carbonyl (C=O) groups is 2. The maximum Gasteiger partial charge on any atom is 0.293 e. The minimum atomic E-state index is -0.373. The molecule has 1 unspecified atom stereocenters. The van der Waals surface area contributed by atoms with Crippen LogP contribution in [0, 0.1) is 5.41 Å². The molecule has 0 bridgehead atoms. The molecule has 0 saturated carbocycles. The van der Waals surface area contributed by atoms with Gasteiger partial charge in [0.2, 0.25) is 5.91 Å². The van der Waals surface area contributed by atoms with Gasteiger partial charge in [0, 0.05) is 80.7 Å². The highest BCUT2D eigenvalue weighted by Gasteiger charge is 2.38. The van der Waals surface area contributed by atoms with Crippen molar-refractivity contribution in [2.24, 2.45) is 12.5 Å². The number of ether oxygens (including phenoxy) is 1. The van der Waals surface area contributed by atoms with E-state index < -0.39 is 0 Å². The number of aryl methyl sites for hydroxylation is 1. The number of pyridine rings is 1. The van der Waals surface area contributed by atoms with Gasteiger partial charge >= 0.3 is 0 Å². The molecule has 54 heavy (non-hydrogen) atoms. The Kier molecular flexibility index (Phi) is 9.15. The van der Waals surface area contributed by atoms with Crippen molar-refractivity contribution in [2.75, 3.05) is 59.8 Å². The van der Waals surface area contributed by atoms with Crippen LogP contribution < -0.4 is 26.0 Å². The summed E-state index contributed by atoms with van der Waals surface area (Å²) in [7, 11) is 1.63. The summed E-state index contributed by atoms with van der Waals surface area (Å²) in [5.41, 5.74) is 6.81. The van der Waals surface area contributed by atoms with Crippen LogP contribution in [0.4, 0.5) is 28.6 Å². The monoisotopic (exact) mass is 733 g/mol. The molecule has 1 aliphatic carbocycles. The molecule has 0 radical (unpaired) electrons. The summed E-state index contributed by atoms with van der Waals surface area (Å²) in [5.74, 6) is -0.434. The Hall–Kier alpha value is -5.31. The lowest BCUT2D eigenvalue weighted by molar-refractivity contribution is -0.111. The molecular weight excluding hydrogens is 686 g/mol. The number of aromatic nitrogens is 4. The number of hydrogen-bond donors (Lipinski definition) is 3. The van der Waals surface area contributed by atoms with Crippen LogP contribution in [-0.4, -0.2) is 92.4 Å². The quantitative estimate of drug-likeness (QED) is 0.218. The molecule has 8 rings (SSSR count). The van der Waals surface area contributed by atoms with Crippen LogP contribution >= 0.6 is 0 Å². The van der Waals surface area contributed by atoms with Crippen LogP contribution in [0.3, 0.4) is 0 Å². The smallest absolute Gasteiger partial charge is 0.293 e. The van der Waals surface area contributed by atoms with E-state index in [1.54, 1.807) is 36.6 Å². The van der Waals surface area contributed by atoms with Gasteiger partial charge in [0.1, 0.15) is 5.69 Å². The average Bonchev–Trinajstić information content (AvgIpc) is 3.61. The molecule has 1 atom stereocenters. The second-order valence-corrected chi connectivity index (χ2v) is 15.6. The summed E-state index contributed by atoms with van der Waals surface area (Å²) in [6.45, 7) is 15.1. The number of rotatable bonds is 9. The largest absolute Gasteiger partial charge is 0.392 e. The highest BCUT2D eigenvalue weighted by atomic mass is 16.5. The number of benzene rings is 1. The predicted octanol–water partition coefficient (Wildman–Crippen LogP) is 3.70. The van der Waals surface area contributed by atoms with E-state index >= 15 is 0 Å². The van der Waals surface area contributed by atoms with E-state index in [9.17, 15) is 19.5 Å². The number of piperazine rings is 1. The number of aliphatic hydroxyl groups is 1. The summed E-state index contributed by atoms with van der Waals surface area (Å²) < 4.78 is 8.98. The highest BCUT2D eigenvalue weighted by Crippen LogP contribution is 2.40. The fraction of sp³-hybridized carbons (Fsp3) is 0.425. The second-order valence-electron chi connectivity index (χ2n) is 15.6. The van der Waals surface area contributed by atoms with E-state index in [0.717, 1.165) is 51.4 Å². The Bertz CT molecular complexity index is 2220. The van der Waals surface area contributed by atoms with Crippen molar-refractivity contribution in [3.05, 3.63) is 88.4 Å². The third kappa shape index (κ3) is 6.37. The Morgan fingerprint density at radius 2 is 1.91 bits per heavy atom. The number of aliphatic hydroxyl groups excluding tert-OH is 1. The van der Waals surface area contributed by atoms with Crippen molar-refractivity contribution in [1.29, 1.82) is 0 Å². The van der Waals surface area contributed by atoms with Gasteiger partial charge in [-0.25, -0.2) is 4.98 Å². The normalized spacial score (nSPS) is 19.6. The van der Waals surface area contributed by atoms with Gasteiger partial charge in [0.15, 0.2) is 5.82 Å². The summed E-state index contributed by atoms with van der Waals surface area (Å²) in [6, 6.07) is 8.25. The van der Waals surface area contributed by atoms with E-state index in [4.69, 9.17) is 9.72 Å². The van der Waals surface area contributed by atoms with Gasteiger partial charge in [0.25, 0.3) is 11.5 Å². The third-order valence-corrected chi connectivity index (χ3v) is 11.3. The molecule has 0 spiro atoms. The SMILES string of the molecule is C=CC(=O)Nc1cc(Nc2nc(-c3cncc(N4CCn5c(cc6c5CC(C)(C)C6)C4=O)c3CO)cn(C)c2=O)ccc1N1CCN(C2COC2)CC1C. The topological polar surface area (TPSA) is 150 Å². The Morgan fingerprint density at radius 1 is 1.09 bits per heavy atom. The van der Waals surface area contributed by atoms with Gasteiger partial charge in [-0.3, -0.25) is 24.3 Å². The van der Waals surface area contributed by atoms with Crippen LogP contribution in [0.5, 0.6) is 0 Å². The van der Waals surface area contributed by atoms with Gasteiger partial charge in [-0.15, -0.1) is 0 Å². The first-order chi connectivity index (χ1) is 25.9. The Balaban J connectivity index is 1.08. The predicted molar refractivity (Wildman–Crippen MR) is 207 cm³/mol. The van der Waals surface area contributed by atoms with Gasteiger partial charge in [-0.2, -0.15) is 0 Å². The number of hydrogen-bond acceptors (Lipinski definition) is 10. The number of fused-ring (bicyclic) bond motifs is 3. The van der Waals surface area contributed by atoms with Crippen molar-refractivity contribution in [3.8, 4) is 11.3 Å². The van der Waals surface area contributed by atoms with Crippen LogP contribution in [0.15, 0.2) is 60.3 Å². The first-order valence-electron chi connectivity index (χ1n) is 18.6. The lowest BCUT2D eigenvalue weighted by atomic mass is 9.90. The first-order valence-corrected chi connectivity index (χ1v) is 18.6. The van der Waals surface area contributed by atoms with Crippen molar-refractivity contribution in [1.82, 2.24) is 24.0 Å². The van der Waals surface area contributed by atoms with Crippen molar-refractivity contribution in [2.45, 2.75) is 58.8 Å². The maximum absolute atomic E-state index is 14.0. The van der Waals surface area contributed by atoms with Crippen LogP contribution in [-0.2, 0) is 42.6 Å². The molecule has 6 heterocycles. The van der Waals surface area contributed by atoms with Crippen molar-refractivity contribution >= 4 is 40.4 Å². The second kappa shape index (κ2) is 13.8. The summed E-state index contributed by atoms with van der Waals surface area (Å²) >= 11 is 0. The van der Waals surface area contributed by atoms with Gasteiger partial charge < -0.3 is 39.4 Å². The molecule has 1 aromatic carbocycles. The number of amides is 2. The van der Waals surface area contributed by atoms with Crippen LogP contribution in [0.25, 0.3) is 11.3 Å². The standard InChI is InChI=1S/C40H47N9O5/c1-6-36(51)43-30-14-26(7-8-32(30)47-10-9-46(19-24(47)2)27-22-54-23-27)42-37-39(53)45(5)20-31(44-37)28-17-41-18-35(29(28)21-50)49-12-11-48-33(38(49)52)13-25-15-40(3,4)16-34(25)48/h6-8,13-14,17-18,20,24,27,50H,1,9-12,15-16,19,21-23H2,2-5H3,(H,42,44)(H,43,51). The average molecular weight is 734 g/mol. The summed E-state index contributed by atoms with van der Waals surface area (Å²) in [5, 5.41) is 16.9. The fourth-order valence-corrected chi connectivity index (χ4v) is 8.45.